The zero-order chi connectivity index (χ0) is 17.8. The van der Waals surface area contributed by atoms with Gasteiger partial charge in [0.05, 0.1) is 17.4 Å². The van der Waals surface area contributed by atoms with Gasteiger partial charge in [0.2, 0.25) is 0 Å². The number of anilines is 1. The van der Waals surface area contributed by atoms with Crippen LogP contribution in [-0.4, -0.2) is 52.9 Å². The molecule has 1 aliphatic rings. The smallest absolute Gasteiger partial charge is 0.151 e. The van der Waals surface area contributed by atoms with Gasteiger partial charge >= 0.3 is 0 Å². The maximum absolute atomic E-state index is 13.8. The lowest BCUT2D eigenvalue weighted by Crippen LogP contribution is -2.34. The van der Waals surface area contributed by atoms with Crippen molar-refractivity contribution in [3.8, 4) is 0 Å². The number of rotatable bonds is 4. The molecular formula is C18H22F2N4O. The predicted molar refractivity (Wildman–Crippen MR) is 91.4 cm³/mol. The lowest BCUT2D eigenvalue weighted by Gasteiger charge is -2.24. The minimum Gasteiger partial charge on any atom is -0.387 e. The Morgan fingerprint density at radius 1 is 1.04 bits per heavy atom. The van der Waals surface area contributed by atoms with Gasteiger partial charge in [0, 0.05) is 32.7 Å². The SMILES string of the molecule is Cc1ccc(N2CCCN(CC(O)c3c(F)cccc3F)CC2)nn1. The summed E-state index contributed by atoms with van der Waals surface area (Å²) in [5.74, 6) is -0.592. The molecule has 0 amide bonds. The van der Waals surface area contributed by atoms with E-state index in [4.69, 9.17) is 0 Å². The highest BCUT2D eigenvalue weighted by molar-refractivity contribution is 5.37. The van der Waals surface area contributed by atoms with Crippen LogP contribution in [0, 0.1) is 18.6 Å². The minimum atomic E-state index is -1.19. The van der Waals surface area contributed by atoms with E-state index >= 15 is 0 Å². The normalized spacial score (nSPS) is 17.4. The summed E-state index contributed by atoms with van der Waals surface area (Å²) in [6, 6.07) is 7.51. The molecule has 1 aromatic heterocycles. The molecule has 1 saturated heterocycles. The number of hydrogen-bond donors (Lipinski definition) is 1. The van der Waals surface area contributed by atoms with Gasteiger partial charge in [0.25, 0.3) is 0 Å². The zero-order valence-corrected chi connectivity index (χ0v) is 14.2. The molecule has 1 N–H and O–H groups in total. The molecule has 1 unspecified atom stereocenters. The second kappa shape index (κ2) is 7.84. The Balaban J connectivity index is 1.62. The molecule has 1 aliphatic heterocycles. The lowest BCUT2D eigenvalue weighted by atomic mass is 10.1. The molecule has 134 valence electrons. The Hall–Kier alpha value is -2.12. The molecule has 0 saturated carbocycles. The average molecular weight is 348 g/mol. The highest BCUT2D eigenvalue weighted by Gasteiger charge is 2.23. The Morgan fingerprint density at radius 2 is 1.80 bits per heavy atom. The number of aryl methyl sites for hydroxylation is 1. The van der Waals surface area contributed by atoms with Crippen molar-refractivity contribution in [1.82, 2.24) is 15.1 Å². The molecule has 0 bridgehead atoms. The lowest BCUT2D eigenvalue weighted by molar-refractivity contribution is 0.110. The number of aromatic nitrogens is 2. The van der Waals surface area contributed by atoms with Crippen molar-refractivity contribution >= 4 is 5.82 Å². The second-order valence-electron chi connectivity index (χ2n) is 6.33. The summed E-state index contributed by atoms with van der Waals surface area (Å²) in [4.78, 5) is 4.17. The van der Waals surface area contributed by atoms with Gasteiger partial charge in [0.15, 0.2) is 5.82 Å². The average Bonchev–Trinajstić information content (AvgIpc) is 2.81. The molecule has 1 fully saturated rings. The van der Waals surface area contributed by atoms with Gasteiger partial charge < -0.3 is 10.0 Å². The maximum Gasteiger partial charge on any atom is 0.151 e. The molecule has 3 rings (SSSR count). The van der Waals surface area contributed by atoms with Crippen molar-refractivity contribution in [2.45, 2.75) is 19.4 Å². The number of β-amino-alcohol motifs (C(OH)–C–C–N with tert-alkyl or cyclic N) is 1. The van der Waals surface area contributed by atoms with E-state index in [-0.39, 0.29) is 12.1 Å². The largest absolute Gasteiger partial charge is 0.387 e. The van der Waals surface area contributed by atoms with Gasteiger partial charge in [-0.3, -0.25) is 4.90 Å². The summed E-state index contributed by atoms with van der Waals surface area (Å²) in [6.45, 7) is 5.09. The van der Waals surface area contributed by atoms with Crippen molar-refractivity contribution in [3.63, 3.8) is 0 Å². The van der Waals surface area contributed by atoms with E-state index in [0.717, 1.165) is 37.6 Å². The fourth-order valence-electron chi connectivity index (χ4n) is 3.11. The molecule has 7 heteroatoms. The third-order valence-corrected chi connectivity index (χ3v) is 4.46. The van der Waals surface area contributed by atoms with Crippen LogP contribution in [0.15, 0.2) is 30.3 Å². The monoisotopic (exact) mass is 348 g/mol. The highest BCUT2D eigenvalue weighted by atomic mass is 19.1. The fraction of sp³-hybridized carbons (Fsp3) is 0.444. The van der Waals surface area contributed by atoms with Crippen LogP contribution in [-0.2, 0) is 0 Å². The maximum atomic E-state index is 13.8. The van der Waals surface area contributed by atoms with Crippen molar-refractivity contribution in [2.75, 3.05) is 37.6 Å². The molecule has 0 spiro atoms. The van der Waals surface area contributed by atoms with Crippen molar-refractivity contribution in [3.05, 3.63) is 53.2 Å². The van der Waals surface area contributed by atoms with Gasteiger partial charge in [-0.15, -0.1) is 5.10 Å². The highest BCUT2D eigenvalue weighted by Crippen LogP contribution is 2.22. The van der Waals surface area contributed by atoms with Crippen LogP contribution in [0.4, 0.5) is 14.6 Å². The number of nitrogens with zero attached hydrogens (tertiary/aromatic N) is 4. The summed E-state index contributed by atoms with van der Waals surface area (Å²) in [6.07, 6.45) is -0.311. The van der Waals surface area contributed by atoms with Crippen LogP contribution in [0.1, 0.15) is 23.8 Å². The van der Waals surface area contributed by atoms with Gasteiger partial charge in [-0.25, -0.2) is 8.78 Å². The van der Waals surface area contributed by atoms with E-state index in [9.17, 15) is 13.9 Å². The number of aliphatic hydroxyl groups excluding tert-OH is 1. The topological polar surface area (TPSA) is 52.5 Å². The Kier molecular flexibility index (Phi) is 5.55. The molecular weight excluding hydrogens is 326 g/mol. The molecule has 5 nitrogen and oxygen atoms in total. The standard InChI is InChI=1S/C18H22F2N4O/c1-13-6-7-17(22-21-13)24-9-3-8-23(10-11-24)12-16(25)18-14(19)4-2-5-15(18)20/h2,4-7,16,25H,3,8-12H2,1H3. The van der Waals surface area contributed by atoms with Crippen LogP contribution >= 0.6 is 0 Å². The molecule has 2 heterocycles. The first-order valence-corrected chi connectivity index (χ1v) is 8.44. The van der Waals surface area contributed by atoms with E-state index in [2.05, 4.69) is 15.1 Å². The van der Waals surface area contributed by atoms with Gasteiger partial charge in [-0.05, 0) is 37.6 Å². The first-order chi connectivity index (χ1) is 12.0. The van der Waals surface area contributed by atoms with E-state index < -0.39 is 17.7 Å². The van der Waals surface area contributed by atoms with Gasteiger partial charge in [0.1, 0.15) is 11.6 Å². The number of halogens is 2. The first-order valence-electron chi connectivity index (χ1n) is 8.44. The minimum absolute atomic E-state index is 0.200. The Morgan fingerprint density at radius 3 is 2.48 bits per heavy atom. The van der Waals surface area contributed by atoms with E-state index in [1.807, 2.05) is 24.0 Å². The Labute approximate surface area is 145 Å². The quantitative estimate of drug-likeness (QED) is 0.919. The predicted octanol–water partition coefficient (Wildman–Crippen LogP) is 2.31. The van der Waals surface area contributed by atoms with E-state index in [0.29, 0.717) is 6.54 Å². The zero-order valence-electron chi connectivity index (χ0n) is 14.2. The number of benzene rings is 1. The van der Waals surface area contributed by atoms with Crippen molar-refractivity contribution in [1.29, 1.82) is 0 Å². The number of hydrogen-bond acceptors (Lipinski definition) is 5. The van der Waals surface area contributed by atoms with Crippen LogP contribution in [0.25, 0.3) is 0 Å². The third kappa shape index (κ3) is 4.29. The van der Waals surface area contributed by atoms with Crippen LogP contribution in [0.2, 0.25) is 0 Å². The molecule has 1 aromatic carbocycles. The third-order valence-electron chi connectivity index (χ3n) is 4.46. The van der Waals surface area contributed by atoms with Crippen molar-refractivity contribution < 1.29 is 13.9 Å². The summed E-state index contributed by atoms with van der Waals surface area (Å²) in [7, 11) is 0. The van der Waals surface area contributed by atoms with Crippen LogP contribution in [0.3, 0.4) is 0 Å². The van der Waals surface area contributed by atoms with Crippen molar-refractivity contribution in [2.24, 2.45) is 0 Å². The molecule has 2 aromatic rings. The second-order valence-corrected chi connectivity index (χ2v) is 6.33. The molecule has 25 heavy (non-hydrogen) atoms. The van der Waals surface area contributed by atoms with Gasteiger partial charge in [-0.1, -0.05) is 6.07 Å². The number of aliphatic hydroxyl groups is 1. The first kappa shape index (κ1) is 17.7. The molecule has 0 aliphatic carbocycles. The van der Waals surface area contributed by atoms with Crippen LogP contribution < -0.4 is 4.90 Å². The van der Waals surface area contributed by atoms with Gasteiger partial charge in [-0.2, -0.15) is 5.10 Å². The Bertz CT molecular complexity index is 690. The fourth-order valence-corrected chi connectivity index (χ4v) is 3.11. The summed E-state index contributed by atoms with van der Waals surface area (Å²) in [5.41, 5.74) is 0.614. The van der Waals surface area contributed by atoms with E-state index in [1.54, 1.807) is 0 Å². The molecule has 0 radical (unpaired) electrons. The summed E-state index contributed by atoms with van der Waals surface area (Å²) in [5, 5.41) is 18.6. The van der Waals surface area contributed by atoms with Crippen LogP contribution in [0.5, 0.6) is 0 Å². The van der Waals surface area contributed by atoms with E-state index in [1.165, 1.54) is 18.2 Å². The molecule has 1 atom stereocenters. The summed E-state index contributed by atoms with van der Waals surface area (Å²) >= 11 is 0. The summed E-state index contributed by atoms with van der Waals surface area (Å²) < 4.78 is 27.6.